The van der Waals surface area contributed by atoms with Crippen molar-refractivity contribution in [2.24, 2.45) is 11.3 Å². The van der Waals surface area contributed by atoms with E-state index in [0.29, 0.717) is 24.8 Å². The monoisotopic (exact) mass is 291 g/mol. The number of hydrogen-bond donors (Lipinski definition) is 0. The predicted octanol–water partition coefficient (Wildman–Crippen LogP) is 3.90. The first-order valence-electron chi connectivity index (χ1n) is 7.56. The third kappa shape index (κ3) is 9.44. The minimum atomic E-state index is -3.08. The summed E-state index contributed by atoms with van der Waals surface area (Å²) in [5, 5.41) is 0. The number of hydrogen-bond acceptors (Lipinski definition) is 2. The molecule has 0 rings (SSSR count). The fourth-order valence-electron chi connectivity index (χ4n) is 1.70. The number of rotatable bonds is 9. The van der Waals surface area contributed by atoms with E-state index in [-0.39, 0.29) is 5.41 Å². The molecule has 0 amide bonds. The number of sulfonamides is 1. The van der Waals surface area contributed by atoms with E-state index in [1.807, 2.05) is 0 Å². The van der Waals surface area contributed by atoms with Crippen LogP contribution in [-0.2, 0) is 10.0 Å². The minimum Gasteiger partial charge on any atom is -0.212 e. The highest BCUT2D eigenvalue weighted by atomic mass is 32.2. The molecular weight excluding hydrogens is 258 g/mol. The Labute approximate surface area is 120 Å². The van der Waals surface area contributed by atoms with Gasteiger partial charge in [-0.05, 0) is 30.6 Å². The van der Waals surface area contributed by atoms with E-state index in [1.54, 1.807) is 4.31 Å². The average Bonchev–Trinajstić information content (AvgIpc) is 2.25. The zero-order chi connectivity index (χ0) is 15.1. The van der Waals surface area contributed by atoms with Crippen LogP contribution in [0.5, 0.6) is 0 Å². The quantitative estimate of drug-likeness (QED) is 0.646. The summed E-state index contributed by atoms with van der Waals surface area (Å²) in [5.41, 5.74) is 0.179. The molecule has 0 atom stereocenters. The summed E-state index contributed by atoms with van der Waals surface area (Å²) in [6, 6.07) is 0. The van der Waals surface area contributed by atoms with Crippen LogP contribution in [0.15, 0.2) is 0 Å². The molecule has 0 spiro atoms. The third-order valence-corrected chi connectivity index (χ3v) is 5.12. The van der Waals surface area contributed by atoms with Gasteiger partial charge in [0.05, 0.1) is 5.75 Å². The van der Waals surface area contributed by atoms with Crippen molar-refractivity contribution < 1.29 is 8.42 Å². The molecule has 0 bridgehead atoms. The number of nitrogens with zero attached hydrogens (tertiary/aromatic N) is 1. The zero-order valence-corrected chi connectivity index (χ0v) is 14.5. The molecule has 19 heavy (non-hydrogen) atoms. The van der Waals surface area contributed by atoms with Crippen LogP contribution in [0, 0.1) is 11.3 Å². The van der Waals surface area contributed by atoms with E-state index in [0.717, 1.165) is 25.7 Å². The highest BCUT2D eigenvalue weighted by molar-refractivity contribution is 7.89. The van der Waals surface area contributed by atoms with Gasteiger partial charge < -0.3 is 0 Å². The Hall–Kier alpha value is -0.0900. The molecule has 0 aromatic carbocycles. The molecule has 0 saturated carbocycles. The Morgan fingerprint density at radius 1 is 1.11 bits per heavy atom. The Morgan fingerprint density at radius 2 is 1.68 bits per heavy atom. The van der Waals surface area contributed by atoms with Gasteiger partial charge in [0.2, 0.25) is 10.0 Å². The van der Waals surface area contributed by atoms with Crippen molar-refractivity contribution in [3.8, 4) is 0 Å². The molecule has 0 fully saturated rings. The summed E-state index contributed by atoms with van der Waals surface area (Å²) >= 11 is 0. The van der Waals surface area contributed by atoms with Crippen molar-refractivity contribution >= 4 is 10.0 Å². The molecule has 0 heterocycles. The second-order valence-electron chi connectivity index (χ2n) is 7.06. The molecule has 0 aromatic heterocycles. The fraction of sp³-hybridized carbons (Fsp3) is 1.00. The summed E-state index contributed by atoms with van der Waals surface area (Å²) in [6.45, 7) is 14.0. The van der Waals surface area contributed by atoms with Crippen LogP contribution in [0.25, 0.3) is 0 Å². The van der Waals surface area contributed by atoms with Crippen LogP contribution >= 0.6 is 0 Å². The van der Waals surface area contributed by atoms with Crippen LogP contribution in [0.2, 0.25) is 0 Å². The van der Waals surface area contributed by atoms with Gasteiger partial charge in [-0.15, -0.1) is 0 Å². The normalized spacial score (nSPS) is 13.5. The standard InChI is InChI=1S/C15H33NO2S/c1-7-8-11-16(12-10-15(4,5)6)19(17,18)13-9-14(2)3/h14H,7-13H2,1-6H3. The highest BCUT2D eigenvalue weighted by Gasteiger charge is 2.23. The van der Waals surface area contributed by atoms with Gasteiger partial charge in [0.1, 0.15) is 0 Å². The van der Waals surface area contributed by atoms with Crippen LogP contribution in [0.1, 0.15) is 67.2 Å². The van der Waals surface area contributed by atoms with E-state index >= 15 is 0 Å². The van der Waals surface area contributed by atoms with Gasteiger partial charge in [-0.1, -0.05) is 48.0 Å². The minimum absolute atomic E-state index is 0.179. The summed E-state index contributed by atoms with van der Waals surface area (Å²) in [6.07, 6.45) is 3.65. The van der Waals surface area contributed by atoms with Crippen LogP contribution < -0.4 is 0 Å². The summed E-state index contributed by atoms with van der Waals surface area (Å²) in [7, 11) is -3.08. The first kappa shape index (κ1) is 18.9. The molecule has 0 N–H and O–H groups in total. The van der Waals surface area contributed by atoms with Gasteiger partial charge in [-0.25, -0.2) is 12.7 Å². The van der Waals surface area contributed by atoms with Gasteiger partial charge >= 0.3 is 0 Å². The fourth-order valence-corrected chi connectivity index (χ4v) is 3.50. The van der Waals surface area contributed by atoms with Crippen LogP contribution in [-0.4, -0.2) is 31.6 Å². The molecule has 0 radical (unpaired) electrons. The molecule has 0 aliphatic heterocycles. The molecule has 0 aliphatic rings. The maximum Gasteiger partial charge on any atom is 0.214 e. The van der Waals surface area contributed by atoms with Gasteiger partial charge in [-0.3, -0.25) is 0 Å². The topological polar surface area (TPSA) is 37.4 Å². The summed E-state index contributed by atoms with van der Waals surface area (Å²) in [4.78, 5) is 0. The van der Waals surface area contributed by atoms with Gasteiger partial charge in [0, 0.05) is 13.1 Å². The lowest BCUT2D eigenvalue weighted by atomic mass is 9.92. The largest absolute Gasteiger partial charge is 0.214 e. The lowest BCUT2D eigenvalue weighted by molar-refractivity contribution is 0.307. The van der Waals surface area contributed by atoms with Gasteiger partial charge in [-0.2, -0.15) is 0 Å². The van der Waals surface area contributed by atoms with Gasteiger partial charge in [0.15, 0.2) is 0 Å². The molecule has 0 aromatic rings. The van der Waals surface area contributed by atoms with Crippen molar-refractivity contribution in [1.82, 2.24) is 4.31 Å². The molecule has 0 unspecified atom stereocenters. The van der Waals surface area contributed by atoms with E-state index in [2.05, 4.69) is 41.5 Å². The lowest BCUT2D eigenvalue weighted by Crippen LogP contribution is -2.36. The smallest absolute Gasteiger partial charge is 0.212 e. The Kier molecular flexibility index (Phi) is 8.21. The van der Waals surface area contributed by atoms with E-state index in [4.69, 9.17) is 0 Å². The molecule has 0 aliphatic carbocycles. The maximum absolute atomic E-state index is 12.4. The third-order valence-electron chi connectivity index (χ3n) is 3.22. The molecule has 4 heteroatoms. The van der Waals surface area contributed by atoms with Crippen molar-refractivity contribution in [2.75, 3.05) is 18.8 Å². The predicted molar refractivity (Wildman–Crippen MR) is 83.8 cm³/mol. The van der Waals surface area contributed by atoms with Crippen molar-refractivity contribution in [2.45, 2.75) is 67.2 Å². The van der Waals surface area contributed by atoms with Crippen LogP contribution in [0.4, 0.5) is 0 Å². The summed E-state index contributed by atoms with van der Waals surface area (Å²) < 4.78 is 26.5. The van der Waals surface area contributed by atoms with Crippen molar-refractivity contribution in [3.63, 3.8) is 0 Å². The zero-order valence-electron chi connectivity index (χ0n) is 13.7. The maximum atomic E-state index is 12.4. The Balaban J connectivity index is 4.62. The lowest BCUT2D eigenvalue weighted by Gasteiger charge is -2.26. The van der Waals surface area contributed by atoms with Gasteiger partial charge in [0.25, 0.3) is 0 Å². The van der Waals surface area contributed by atoms with E-state index in [1.165, 1.54) is 0 Å². The van der Waals surface area contributed by atoms with Crippen LogP contribution in [0.3, 0.4) is 0 Å². The number of unbranched alkanes of at least 4 members (excludes halogenated alkanes) is 1. The molecule has 3 nitrogen and oxygen atoms in total. The Bertz CT molecular complexity index is 329. The molecular formula is C15H33NO2S. The summed E-state index contributed by atoms with van der Waals surface area (Å²) in [5.74, 6) is 0.726. The SMILES string of the molecule is CCCCN(CCC(C)(C)C)S(=O)(=O)CCC(C)C. The molecule has 0 saturated heterocycles. The highest BCUT2D eigenvalue weighted by Crippen LogP contribution is 2.20. The average molecular weight is 292 g/mol. The molecule has 116 valence electrons. The van der Waals surface area contributed by atoms with E-state index in [9.17, 15) is 8.42 Å². The van der Waals surface area contributed by atoms with E-state index < -0.39 is 10.0 Å². The van der Waals surface area contributed by atoms with Crippen molar-refractivity contribution in [1.29, 1.82) is 0 Å². The van der Waals surface area contributed by atoms with Crippen molar-refractivity contribution in [3.05, 3.63) is 0 Å². The first-order chi connectivity index (χ1) is 8.58. The second kappa shape index (κ2) is 8.25. The Morgan fingerprint density at radius 3 is 2.11 bits per heavy atom. The second-order valence-corrected chi connectivity index (χ2v) is 9.15. The first-order valence-corrected chi connectivity index (χ1v) is 9.17.